The highest BCUT2D eigenvalue weighted by Gasteiger charge is 2.23. The SMILES string of the molecule is O=C(C[NH+]1CCN(c2ncccn2)CC1)Nc1ccc(Oc2ccccc2)cc1. The van der Waals surface area contributed by atoms with Crippen molar-refractivity contribution in [3.8, 4) is 11.5 Å². The van der Waals surface area contributed by atoms with Crippen molar-refractivity contribution in [2.75, 3.05) is 42.9 Å². The van der Waals surface area contributed by atoms with Crippen LogP contribution in [0.2, 0.25) is 0 Å². The van der Waals surface area contributed by atoms with Crippen LogP contribution >= 0.6 is 0 Å². The minimum Gasteiger partial charge on any atom is -0.457 e. The summed E-state index contributed by atoms with van der Waals surface area (Å²) < 4.78 is 5.77. The molecule has 1 saturated heterocycles. The molecule has 3 aromatic rings. The molecule has 0 saturated carbocycles. The summed E-state index contributed by atoms with van der Waals surface area (Å²) in [5.74, 6) is 2.29. The zero-order valence-corrected chi connectivity index (χ0v) is 16.1. The molecule has 0 spiro atoms. The molecule has 2 aromatic carbocycles. The van der Waals surface area contributed by atoms with E-state index < -0.39 is 0 Å². The van der Waals surface area contributed by atoms with Gasteiger partial charge in [0.1, 0.15) is 11.5 Å². The molecular formula is C22H24N5O2+. The van der Waals surface area contributed by atoms with Gasteiger partial charge in [0, 0.05) is 18.1 Å². The highest BCUT2D eigenvalue weighted by Crippen LogP contribution is 2.22. The number of rotatable bonds is 6. The van der Waals surface area contributed by atoms with Crippen LogP contribution in [0.25, 0.3) is 0 Å². The second-order valence-electron chi connectivity index (χ2n) is 6.95. The Morgan fingerprint density at radius 3 is 2.28 bits per heavy atom. The summed E-state index contributed by atoms with van der Waals surface area (Å²) >= 11 is 0. The molecule has 2 heterocycles. The number of carbonyl (C=O) groups is 1. The first kappa shape index (κ1) is 18.9. The van der Waals surface area contributed by atoms with Crippen LogP contribution in [0, 0.1) is 0 Å². The summed E-state index contributed by atoms with van der Waals surface area (Å²) in [7, 11) is 0. The molecule has 1 amide bonds. The molecule has 2 N–H and O–H groups in total. The van der Waals surface area contributed by atoms with E-state index in [-0.39, 0.29) is 5.91 Å². The summed E-state index contributed by atoms with van der Waals surface area (Å²) in [6.07, 6.45) is 3.51. The second-order valence-corrected chi connectivity index (χ2v) is 6.95. The minimum absolute atomic E-state index is 0.0149. The lowest BCUT2D eigenvalue weighted by Crippen LogP contribution is -3.15. The lowest BCUT2D eigenvalue weighted by Gasteiger charge is -2.31. The van der Waals surface area contributed by atoms with Crippen molar-refractivity contribution < 1.29 is 14.4 Å². The Bertz CT molecular complexity index is 911. The van der Waals surface area contributed by atoms with Crippen molar-refractivity contribution >= 4 is 17.5 Å². The van der Waals surface area contributed by atoms with Crippen molar-refractivity contribution in [1.29, 1.82) is 0 Å². The predicted octanol–water partition coefficient (Wildman–Crippen LogP) is 1.61. The summed E-state index contributed by atoms with van der Waals surface area (Å²) in [5, 5.41) is 2.97. The number of para-hydroxylation sites is 1. The average molecular weight is 390 g/mol. The molecule has 0 aliphatic carbocycles. The number of carbonyl (C=O) groups excluding carboxylic acids is 1. The predicted molar refractivity (Wildman–Crippen MR) is 111 cm³/mol. The first-order chi connectivity index (χ1) is 14.3. The Balaban J connectivity index is 1.24. The molecule has 0 bridgehead atoms. The normalized spacial score (nSPS) is 14.4. The number of piperazine rings is 1. The van der Waals surface area contributed by atoms with Crippen LogP contribution in [0.4, 0.5) is 11.6 Å². The van der Waals surface area contributed by atoms with Gasteiger partial charge in [0.2, 0.25) is 5.95 Å². The highest BCUT2D eigenvalue weighted by molar-refractivity contribution is 5.91. The largest absolute Gasteiger partial charge is 0.457 e. The maximum absolute atomic E-state index is 12.4. The fourth-order valence-electron chi connectivity index (χ4n) is 3.32. The molecule has 4 rings (SSSR count). The number of benzene rings is 2. The van der Waals surface area contributed by atoms with Crippen LogP contribution in [0.15, 0.2) is 73.1 Å². The third-order valence-corrected chi connectivity index (χ3v) is 4.83. The molecule has 29 heavy (non-hydrogen) atoms. The number of anilines is 2. The van der Waals surface area contributed by atoms with Gasteiger partial charge in [0.15, 0.2) is 6.54 Å². The fourth-order valence-corrected chi connectivity index (χ4v) is 3.32. The van der Waals surface area contributed by atoms with Gasteiger partial charge >= 0.3 is 0 Å². The van der Waals surface area contributed by atoms with Crippen LogP contribution < -0.4 is 19.9 Å². The molecule has 7 heteroatoms. The van der Waals surface area contributed by atoms with Crippen LogP contribution in [-0.2, 0) is 4.79 Å². The number of amides is 1. The van der Waals surface area contributed by atoms with Crippen molar-refractivity contribution in [3.05, 3.63) is 73.1 Å². The van der Waals surface area contributed by atoms with E-state index in [2.05, 4.69) is 20.2 Å². The number of quaternary nitrogens is 1. The van der Waals surface area contributed by atoms with E-state index in [4.69, 9.17) is 4.74 Å². The number of hydrogen-bond donors (Lipinski definition) is 2. The molecule has 148 valence electrons. The van der Waals surface area contributed by atoms with Crippen LogP contribution in [-0.4, -0.2) is 48.6 Å². The molecule has 1 aliphatic rings. The van der Waals surface area contributed by atoms with E-state index in [0.717, 1.165) is 49.3 Å². The molecule has 1 fully saturated rings. The van der Waals surface area contributed by atoms with Crippen molar-refractivity contribution in [2.45, 2.75) is 0 Å². The van der Waals surface area contributed by atoms with E-state index in [0.29, 0.717) is 6.54 Å². The summed E-state index contributed by atoms with van der Waals surface area (Å²) in [6.45, 7) is 3.91. The van der Waals surface area contributed by atoms with E-state index in [1.54, 1.807) is 12.4 Å². The van der Waals surface area contributed by atoms with Gasteiger partial charge in [-0.05, 0) is 42.5 Å². The van der Waals surface area contributed by atoms with Gasteiger partial charge in [-0.3, -0.25) is 4.79 Å². The average Bonchev–Trinajstić information content (AvgIpc) is 2.77. The topological polar surface area (TPSA) is 71.8 Å². The van der Waals surface area contributed by atoms with Crippen molar-refractivity contribution in [2.24, 2.45) is 0 Å². The summed E-state index contributed by atoms with van der Waals surface area (Å²) in [4.78, 5) is 24.4. The van der Waals surface area contributed by atoms with Gasteiger partial charge in [-0.15, -0.1) is 0 Å². The van der Waals surface area contributed by atoms with Gasteiger partial charge in [-0.1, -0.05) is 18.2 Å². The monoisotopic (exact) mass is 390 g/mol. The first-order valence-electron chi connectivity index (χ1n) is 9.74. The zero-order chi connectivity index (χ0) is 19.9. The minimum atomic E-state index is 0.0149. The van der Waals surface area contributed by atoms with E-state index in [1.807, 2.05) is 60.7 Å². The van der Waals surface area contributed by atoms with Gasteiger partial charge in [0.05, 0.1) is 26.2 Å². The Kier molecular flexibility index (Phi) is 5.97. The van der Waals surface area contributed by atoms with Crippen molar-refractivity contribution in [1.82, 2.24) is 9.97 Å². The maximum atomic E-state index is 12.4. The zero-order valence-electron chi connectivity index (χ0n) is 16.1. The molecule has 0 unspecified atom stereocenters. The lowest BCUT2D eigenvalue weighted by atomic mass is 10.3. The van der Waals surface area contributed by atoms with Gasteiger partial charge < -0.3 is 19.9 Å². The number of ether oxygens (including phenoxy) is 1. The molecule has 0 atom stereocenters. The second kappa shape index (κ2) is 9.16. The highest BCUT2D eigenvalue weighted by atomic mass is 16.5. The number of nitrogens with zero attached hydrogens (tertiary/aromatic N) is 3. The summed E-state index contributed by atoms with van der Waals surface area (Å²) in [6, 6.07) is 18.9. The summed E-state index contributed by atoms with van der Waals surface area (Å²) in [5.41, 5.74) is 0.770. The van der Waals surface area contributed by atoms with Gasteiger partial charge in [-0.25, -0.2) is 9.97 Å². The molecular weight excluding hydrogens is 366 g/mol. The molecule has 1 aliphatic heterocycles. The Morgan fingerprint density at radius 2 is 1.59 bits per heavy atom. The van der Waals surface area contributed by atoms with Gasteiger partial charge in [0.25, 0.3) is 5.91 Å². The van der Waals surface area contributed by atoms with E-state index in [1.165, 1.54) is 4.90 Å². The first-order valence-corrected chi connectivity index (χ1v) is 9.74. The Hall–Kier alpha value is -3.45. The number of hydrogen-bond acceptors (Lipinski definition) is 5. The number of nitrogens with one attached hydrogen (secondary N) is 2. The molecule has 1 aromatic heterocycles. The molecule has 7 nitrogen and oxygen atoms in total. The van der Waals surface area contributed by atoms with Crippen molar-refractivity contribution in [3.63, 3.8) is 0 Å². The third-order valence-electron chi connectivity index (χ3n) is 4.83. The Labute approximate surface area is 170 Å². The standard InChI is InChI=1S/C22H23N5O2/c28-21(17-26-13-15-27(16-14-26)22-23-11-4-12-24-22)25-18-7-9-20(10-8-18)29-19-5-2-1-3-6-19/h1-12H,13-17H2,(H,25,28)/p+1. The van der Waals surface area contributed by atoms with Crippen LogP contribution in [0.5, 0.6) is 11.5 Å². The fraction of sp³-hybridized carbons (Fsp3) is 0.227. The maximum Gasteiger partial charge on any atom is 0.279 e. The third kappa shape index (κ3) is 5.30. The molecule has 0 radical (unpaired) electrons. The van der Waals surface area contributed by atoms with E-state index in [9.17, 15) is 4.79 Å². The van der Waals surface area contributed by atoms with E-state index >= 15 is 0 Å². The Morgan fingerprint density at radius 1 is 0.931 bits per heavy atom. The number of aromatic nitrogens is 2. The smallest absolute Gasteiger partial charge is 0.279 e. The van der Waals surface area contributed by atoms with Crippen LogP contribution in [0.1, 0.15) is 0 Å². The quantitative estimate of drug-likeness (QED) is 0.669. The lowest BCUT2D eigenvalue weighted by molar-refractivity contribution is -0.892. The van der Waals surface area contributed by atoms with Gasteiger partial charge in [-0.2, -0.15) is 0 Å². The van der Waals surface area contributed by atoms with Crippen LogP contribution in [0.3, 0.4) is 0 Å².